The third-order valence-corrected chi connectivity index (χ3v) is 7.04. The van der Waals surface area contributed by atoms with Gasteiger partial charge in [0.05, 0.1) is 15.5 Å². The molecule has 0 saturated carbocycles. The second-order valence-electron chi connectivity index (χ2n) is 5.83. The van der Waals surface area contributed by atoms with Gasteiger partial charge >= 0.3 is 0 Å². The lowest BCUT2D eigenvalue weighted by molar-refractivity contribution is 0.563. The van der Waals surface area contributed by atoms with Gasteiger partial charge in [0.25, 0.3) is 10.0 Å². The highest BCUT2D eigenvalue weighted by atomic mass is 32.2. The lowest BCUT2D eigenvalue weighted by Crippen LogP contribution is -2.42. The Morgan fingerprint density at radius 1 is 0.958 bits per heavy atom. The second-order valence-corrected chi connectivity index (χ2v) is 9.21. The van der Waals surface area contributed by atoms with Gasteiger partial charge in [-0.2, -0.15) is 0 Å². The lowest BCUT2D eigenvalue weighted by atomic mass is 9.99. The van der Waals surface area contributed by atoms with E-state index in [1.54, 1.807) is 6.07 Å². The number of anilines is 1. The first-order valence-corrected chi connectivity index (χ1v) is 10.4. The molecule has 0 aliphatic carbocycles. The molecule has 1 atom stereocenters. The summed E-state index contributed by atoms with van der Waals surface area (Å²) in [7, 11) is -7.65. The van der Waals surface area contributed by atoms with Crippen molar-refractivity contribution in [2.75, 3.05) is 4.31 Å². The van der Waals surface area contributed by atoms with Gasteiger partial charge < -0.3 is 0 Å². The number of nitrogens with two attached hydrogens (primary N) is 1. The molecular formula is C16H18N2O4S2. The molecule has 1 aliphatic rings. The number of rotatable bonds is 3. The second kappa shape index (κ2) is 5.87. The van der Waals surface area contributed by atoms with E-state index in [1.807, 2.05) is 25.1 Å². The fourth-order valence-electron chi connectivity index (χ4n) is 2.94. The van der Waals surface area contributed by atoms with E-state index in [9.17, 15) is 16.8 Å². The average molecular weight is 366 g/mol. The molecule has 0 saturated heterocycles. The Kier molecular flexibility index (Phi) is 4.15. The Labute approximate surface area is 142 Å². The molecule has 1 unspecified atom stereocenters. The van der Waals surface area contributed by atoms with Gasteiger partial charge in [-0.05, 0) is 55.7 Å². The van der Waals surface area contributed by atoms with Crippen molar-refractivity contribution >= 4 is 25.7 Å². The highest BCUT2D eigenvalue weighted by Gasteiger charge is 2.33. The fraction of sp³-hybridized carbons (Fsp3) is 0.250. The normalized spacial score (nSPS) is 18.2. The van der Waals surface area contributed by atoms with Gasteiger partial charge in [0.1, 0.15) is 0 Å². The quantitative estimate of drug-likeness (QED) is 0.896. The van der Waals surface area contributed by atoms with Gasteiger partial charge in [0, 0.05) is 6.04 Å². The molecule has 0 aromatic heterocycles. The summed E-state index contributed by atoms with van der Waals surface area (Å²) in [5.74, 6) is 0. The monoisotopic (exact) mass is 366 g/mol. The lowest BCUT2D eigenvalue weighted by Gasteiger charge is -2.36. The SMILES string of the molecule is CC1CCc2ccccc2N1S(=O)(=O)c1ccc(S(N)(=O)=O)cc1. The molecular weight excluding hydrogens is 348 g/mol. The van der Waals surface area contributed by atoms with Crippen molar-refractivity contribution in [3.63, 3.8) is 0 Å². The van der Waals surface area contributed by atoms with Crippen LogP contribution in [0.1, 0.15) is 18.9 Å². The highest BCUT2D eigenvalue weighted by molar-refractivity contribution is 7.93. The number of hydrogen-bond donors (Lipinski definition) is 1. The number of para-hydroxylation sites is 1. The molecule has 2 aromatic carbocycles. The minimum atomic E-state index is -3.86. The predicted octanol–water partition coefficient (Wildman–Crippen LogP) is 1.86. The zero-order valence-corrected chi connectivity index (χ0v) is 14.7. The van der Waals surface area contributed by atoms with Gasteiger partial charge in [-0.15, -0.1) is 0 Å². The molecule has 0 spiro atoms. The first-order valence-electron chi connectivity index (χ1n) is 7.46. The molecule has 8 heteroatoms. The summed E-state index contributed by atoms with van der Waals surface area (Å²) < 4.78 is 50.2. The maximum atomic E-state index is 13.1. The van der Waals surface area contributed by atoms with E-state index in [2.05, 4.69) is 0 Å². The molecule has 2 N–H and O–H groups in total. The van der Waals surface area contributed by atoms with E-state index in [1.165, 1.54) is 28.6 Å². The zero-order valence-electron chi connectivity index (χ0n) is 13.1. The van der Waals surface area contributed by atoms with Crippen molar-refractivity contribution in [3.8, 4) is 0 Å². The molecule has 1 heterocycles. The fourth-order valence-corrected chi connectivity index (χ4v) is 5.18. The molecule has 0 bridgehead atoms. The van der Waals surface area contributed by atoms with E-state index < -0.39 is 20.0 Å². The summed E-state index contributed by atoms with van der Waals surface area (Å²) in [5, 5.41) is 5.06. The number of sulfonamides is 2. The Bertz CT molecular complexity index is 967. The zero-order chi connectivity index (χ0) is 17.5. The van der Waals surface area contributed by atoms with Crippen LogP contribution in [0.2, 0.25) is 0 Å². The molecule has 24 heavy (non-hydrogen) atoms. The molecule has 0 radical (unpaired) electrons. The standard InChI is InChI=1S/C16H18N2O4S2/c1-12-6-7-13-4-2-3-5-16(13)18(12)24(21,22)15-10-8-14(9-11-15)23(17,19)20/h2-5,8-12H,6-7H2,1H3,(H2,17,19,20). The summed E-state index contributed by atoms with van der Waals surface area (Å²) in [6.07, 6.45) is 1.55. The summed E-state index contributed by atoms with van der Waals surface area (Å²) in [4.78, 5) is -0.0769. The Morgan fingerprint density at radius 2 is 1.54 bits per heavy atom. The van der Waals surface area contributed by atoms with Crippen LogP contribution >= 0.6 is 0 Å². The summed E-state index contributed by atoms with van der Waals surface area (Å²) >= 11 is 0. The van der Waals surface area contributed by atoms with Crippen LogP contribution in [0.15, 0.2) is 58.3 Å². The van der Waals surface area contributed by atoms with Crippen molar-refractivity contribution in [1.82, 2.24) is 0 Å². The van der Waals surface area contributed by atoms with Crippen molar-refractivity contribution < 1.29 is 16.8 Å². The topological polar surface area (TPSA) is 97.5 Å². The van der Waals surface area contributed by atoms with Gasteiger partial charge in [0.2, 0.25) is 10.0 Å². The summed E-state index contributed by atoms with van der Waals surface area (Å²) in [5.41, 5.74) is 1.66. The van der Waals surface area contributed by atoms with Crippen LogP contribution in [0, 0.1) is 0 Å². The third kappa shape index (κ3) is 2.92. The first-order chi connectivity index (χ1) is 11.2. The molecule has 0 amide bonds. The molecule has 0 fully saturated rings. The van der Waals surface area contributed by atoms with Crippen molar-refractivity contribution in [2.45, 2.75) is 35.6 Å². The highest BCUT2D eigenvalue weighted by Crippen LogP contribution is 2.35. The maximum Gasteiger partial charge on any atom is 0.264 e. The summed E-state index contributed by atoms with van der Waals surface area (Å²) in [6, 6.07) is 12.2. The van der Waals surface area contributed by atoms with Crippen LogP contribution in [0.3, 0.4) is 0 Å². The van der Waals surface area contributed by atoms with Crippen LogP contribution in [-0.4, -0.2) is 22.9 Å². The molecule has 6 nitrogen and oxygen atoms in total. The van der Waals surface area contributed by atoms with E-state index in [4.69, 9.17) is 5.14 Å². The smallest absolute Gasteiger partial charge is 0.263 e. The minimum Gasteiger partial charge on any atom is -0.263 e. The molecule has 3 rings (SSSR count). The van der Waals surface area contributed by atoms with E-state index in [0.29, 0.717) is 5.69 Å². The predicted molar refractivity (Wildman–Crippen MR) is 91.7 cm³/mol. The van der Waals surface area contributed by atoms with Crippen LogP contribution in [0.5, 0.6) is 0 Å². The number of benzene rings is 2. The van der Waals surface area contributed by atoms with Gasteiger partial charge in [-0.3, -0.25) is 4.31 Å². The number of hydrogen-bond acceptors (Lipinski definition) is 4. The van der Waals surface area contributed by atoms with Crippen LogP contribution in [0.25, 0.3) is 0 Å². The molecule has 1 aliphatic heterocycles. The Morgan fingerprint density at radius 3 is 2.17 bits per heavy atom. The average Bonchev–Trinajstić information content (AvgIpc) is 2.53. The Hall–Kier alpha value is -1.90. The molecule has 2 aromatic rings. The van der Waals surface area contributed by atoms with Gasteiger partial charge in [-0.1, -0.05) is 18.2 Å². The van der Waals surface area contributed by atoms with Gasteiger partial charge in [0.15, 0.2) is 0 Å². The van der Waals surface area contributed by atoms with E-state index >= 15 is 0 Å². The minimum absolute atomic E-state index is 0.0402. The Balaban J connectivity index is 2.08. The number of aryl methyl sites for hydroxylation is 1. The number of nitrogens with zero attached hydrogens (tertiary/aromatic N) is 1. The first kappa shape index (κ1) is 16.9. The van der Waals surface area contributed by atoms with Crippen LogP contribution in [-0.2, 0) is 26.5 Å². The van der Waals surface area contributed by atoms with Crippen molar-refractivity contribution in [3.05, 3.63) is 54.1 Å². The number of primary sulfonamides is 1. The van der Waals surface area contributed by atoms with Gasteiger partial charge in [-0.25, -0.2) is 22.0 Å². The largest absolute Gasteiger partial charge is 0.264 e. The van der Waals surface area contributed by atoms with Crippen molar-refractivity contribution in [1.29, 1.82) is 0 Å². The third-order valence-electron chi connectivity index (χ3n) is 4.17. The van der Waals surface area contributed by atoms with E-state index in [-0.39, 0.29) is 15.8 Å². The number of fused-ring (bicyclic) bond motifs is 1. The summed E-state index contributed by atoms with van der Waals surface area (Å²) in [6.45, 7) is 1.87. The maximum absolute atomic E-state index is 13.1. The van der Waals surface area contributed by atoms with Crippen molar-refractivity contribution in [2.24, 2.45) is 5.14 Å². The van der Waals surface area contributed by atoms with Crippen LogP contribution in [0.4, 0.5) is 5.69 Å². The van der Waals surface area contributed by atoms with Crippen LogP contribution < -0.4 is 9.44 Å². The van der Waals surface area contributed by atoms with E-state index in [0.717, 1.165) is 18.4 Å². The molecule has 128 valence electrons.